The average molecular weight is 364 g/mol. The predicted molar refractivity (Wildman–Crippen MR) is 90.0 cm³/mol. The number of aromatic nitrogens is 1. The molecule has 9 heteroatoms. The third-order valence-electron chi connectivity index (χ3n) is 3.63. The van der Waals surface area contributed by atoms with Gasteiger partial charge in [0.05, 0.1) is 6.26 Å². The fourth-order valence-corrected chi connectivity index (χ4v) is 4.77. The van der Waals surface area contributed by atoms with Crippen LogP contribution < -0.4 is 4.72 Å². The maximum Gasteiger partial charge on any atom is 0.273 e. The van der Waals surface area contributed by atoms with Crippen LogP contribution in [0.25, 0.3) is 0 Å². The van der Waals surface area contributed by atoms with Crippen LogP contribution in [0.4, 0.5) is 0 Å². The van der Waals surface area contributed by atoms with Crippen molar-refractivity contribution in [1.29, 1.82) is 0 Å². The Kier molecular flexibility index (Phi) is 5.87. The van der Waals surface area contributed by atoms with Crippen LogP contribution in [0, 0.1) is 5.92 Å². The summed E-state index contributed by atoms with van der Waals surface area (Å²) in [6.07, 6.45) is 4.93. The van der Waals surface area contributed by atoms with Crippen molar-refractivity contribution in [2.24, 2.45) is 5.92 Å². The first-order valence-electron chi connectivity index (χ1n) is 7.10. The van der Waals surface area contributed by atoms with Crippen molar-refractivity contribution < 1.29 is 13.2 Å². The van der Waals surface area contributed by atoms with Crippen LogP contribution in [-0.4, -0.2) is 55.9 Å². The molecular weight excluding hydrogens is 342 g/mol. The van der Waals surface area contributed by atoms with Gasteiger partial charge in [0.2, 0.25) is 10.0 Å². The van der Waals surface area contributed by atoms with Crippen molar-refractivity contribution in [3.05, 3.63) is 11.1 Å². The second kappa shape index (κ2) is 7.29. The van der Waals surface area contributed by atoms with Crippen LogP contribution in [-0.2, 0) is 10.0 Å². The Morgan fingerprint density at radius 1 is 1.55 bits per heavy atom. The molecule has 0 aromatic carbocycles. The number of likely N-dealkylation sites (tertiary alicyclic amines) is 1. The summed E-state index contributed by atoms with van der Waals surface area (Å²) in [7, 11) is -3.28. The molecule has 1 aliphatic heterocycles. The number of amides is 1. The molecule has 1 N–H and O–H groups in total. The SMILES string of the molecule is CCCC1CN(C(=O)c2csc(SC)n2)CC1NS(C)(=O)=O. The van der Waals surface area contributed by atoms with Crippen LogP contribution in [0.2, 0.25) is 0 Å². The Bertz CT molecular complexity index is 629. The topological polar surface area (TPSA) is 79.4 Å². The van der Waals surface area contributed by atoms with Crippen molar-refractivity contribution in [3.63, 3.8) is 0 Å². The van der Waals surface area contributed by atoms with Gasteiger partial charge in [-0.15, -0.1) is 11.3 Å². The fraction of sp³-hybridized carbons (Fsp3) is 0.692. The maximum absolute atomic E-state index is 12.5. The van der Waals surface area contributed by atoms with Crippen LogP contribution >= 0.6 is 23.1 Å². The van der Waals surface area contributed by atoms with E-state index in [9.17, 15) is 13.2 Å². The van der Waals surface area contributed by atoms with Gasteiger partial charge in [0.25, 0.3) is 5.91 Å². The lowest BCUT2D eigenvalue weighted by atomic mass is 9.99. The third kappa shape index (κ3) is 4.43. The lowest BCUT2D eigenvalue weighted by Crippen LogP contribution is -2.40. The average Bonchev–Trinajstić information content (AvgIpc) is 3.04. The van der Waals surface area contributed by atoms with Gasteiger partial charge in [0, 0.05) is 24.5 Å². The first-order valence-corrected chi connectivity index (χ1v) is 11.1. The molecule has 124 valence electrons. The molecule has 0 bridgehead atoms. The highest BCUT2D eigenvalue weighted by Gasteiger charge is 2.36. The molecule has 1 aromatic rings. The number of thiazole rings is 1. The lowest BCUT2D eigenvalue weighted by Gasteiger charge is -2.17. The van der Waals surface area contributed by atoms with Crippen molar-refractivity contribution in [1.82, 2.24) is 14.6 Å². The quantitative estimate of drug-likeness (QED) is 0.778. The van der Waals surface area contributed by atoms with Gasteiger partial charge >= 0.3 is 0 Å². The number of thioether (sulfide) groups is 1. The van der Waals surface area contributed by atoms with Crippen LogP contribution in [0.1, 0.15) is 30.3 Å². The predicted octanol–water partition coefficient (Wildman–Crippen LogP) is 1.65. The van der Waals surface area contributed by atoms with Gasteiger partial charge in [-0.25, -0.2) is 18.1 Å². The van der Waals surface area contributed by atoms with Gasteiger partial charge in [-0.3, -0.25) is 4.79 Å². The molecule has 1 aromatic heterocycles. The van der Waals surface area contributed by atoms with Crippen LogP contribution in [0.15, 0.2) is 9.72 Å². The van der Waals surface area contributed by atoms with E-state index in [1.807, 2.05) is 6.26 Å². The Labute approximate surface area is 139 Å². The van der Waals surface area contributed by atoms with Crippen LogP contribution in [0.5, 0.6) is 0 Å². The highest BCUT2D eigenvalue weighted by atomic mass is 32.2. The summed E-state index contributed by atoms with van der Waals surface area (Å²) in [5.41, 5.74) is 0.449. The largest absolute Gasteiger partial charge is 0.335 e. The summed E-state index contributed by atoms with van der Waals surface area (Å²) in [6.45, 7) is 3.04. The number of sulfonamides is 1. The van der Waals surface area contributed by atoms with E-state index in [0.717, 1.165) is 23.4 Å². The summed E-state index contributed by atoms with van der Waals surface area (Å²) >= 11 is 2.96. The molecule has 0 radical (unpaired) electrons. The van der Waals surface area contributed by atoms with E-state index in [1.165, 1.54) is 23.1 Å². The number of nitrogens with one attached hydrogen (secondary N) is 1. The second-order valence-corrected chi connectivity index (χ2v) is 9.15. The van der Waals surface area contributed by atoms with Gasteiger partial charge in [0.1, 0.15) is 10.0 Å². The second-order valence-electron chi connectivity index (χ2n) is 5.46. The Morgan fingerprint density at radius 3 is 2.82 bits per heavy atom. The minimum Gasteiger partial charge on any atom is -0.335 e. The molecule has 6 nitrogen and oxygen atoms in total. The minimum atomic E-state index is -3.28. The molecule has 1 fully saturated rings. The van der Waals surface area contributed by atoms with E-state index < -0.39 is 10.0 Å². The van der Waals surface area contributed by atoms with Gasteiger partial charge in [-0.1, -0.05) is 25.1 Å². The number of hydrogen-bond donors (Lipinski definition) is 1. The van der Waals surface area contributed by atoms with Crippen LogP contribution in [0.3, 0.4) is 0 Å². The standard InChI is InChI=1S/C13H21N3O3S3/c1-4-5-9-6-16(7-10(9)15-22(3,18)19)12(17)11-8-21-13(14-11)20-2/h8-10,15H,4-7H2,1-3H3. The minimum absolute atomic E-state index is 0.115. The number of carbonyl (C=O) groups excluding carboxylic acids is 1. The molecular formula is C13H21N3O3S3. The number of hydrogen-bond acceptors (Lipinski definition) is 6. The van der Waals surface area contributed by atoms with Crippen molar-refractivity contribution >= 4 is 39.0 Å². The third-order valence-corrected chi connectivity index (χ3v) is 6.22. The smallest absolute Gasteiger partial charge is 0.273 e. The first-order chi connectivity index (χ1) is 10.3. The zero-order chi connectivity index (χ0) is 16.3. The molecule has 0 aliphatic carbocycles. The molecule has 1 saturated heterocycles. The first kappa shape index (κ1) is 17.7. The molecule has 2 atom stereocenters. The Hall–Kier alpha value is -0.640. The van der Waals surface area contributed by atoms with Crippen molar-refractivity contribution in [2.75, 3.05) is 25.6 Å². The summed E-state index contributed by atoms with van der Waals surface area (Å²) in [4.78, 5) is 18.5. The monoisotopic (exact) mass is 363 g/mol. The Morgan fingerprint density at radius 2 is 2.27 bits per heavy atom. The molecule has 0 saturated carbocycles. The van der Waals surface area contributed by atoms with E-state index >= 15 is 0 Å². The normalized spacial score (nSPS) is 22.2. The Balaban J connectivity index is 2.10. The number of carbonyl (C=O) groups is 1. The fourth-order valence-electron chi connectivity index (χ4n) is 2.72. The van der Waals surface area contributed by atoms with Crippen molar-refractivity contribution in [2.45, 2.75) is 30.1 Å². The highest BCUT2D eigenvalue weighted by molar-refractivity contribution is 8.00. The summed E-state index contributed by atoms with van der Waals surface area (Å²) < 4.78 is 26.5. The molecule has 2 unspecified atom stereocenters. The zero-order valence-electron chi connectivity index (χ0n) is 12.9. The van der Waals surface area contributed by atoms with Gasteiger partial charge in [-0.2, -0.15) is 0 Å². The molecule has 2 heterocycles. The molecule has 1 amide bonds. The lowest BCUT2D eigenvalue weighted by molar-refractivity contribution is 0.0779. The summed E-state index contributed by atoms with van der Waals surface area (Å²) in [5, 5.41) is 1.76. The van der Waals surface area contributed by atoms with E-state index in [1.54, 1.807) is 10.3 Å². The molecule has 1 aliphatic rings. The van der Waals surface area contributed by atoms with Gasteiger partial charge < -0.3 is 4.90 Å². The summed E-state index contributed by atoms with van der Waals surface area (Å²) in [6, 6.07) is -0.211. The van der Waals surface area contributed by atoms with E-state index in [-0.39, 0.29) is 17.9 Å². The van der Waals surface area contributed by atoms with Crippen molar-refractivity contribution in [3.8, 4) is 0 Å². The molecule has 0 spiro atoms. The number of rotatable bonds is 6. The number of nitrogens with zero attached hydrogens (tertiary/aromatic N) is 2. The zero-order valence-corrected chi connectivity index (χ0v) is 15.4. The van der Waals surface area contributed by atoms with E-state index in [4.69, 9.17) is 0 Å². The van der Waals surface area contributed by atoms with E-state index in [2.05, 4.69) is 16.6 Å². The maximum atomic E-state index is 12.5. The highest BCUT2D eigenvalue weighted by Crippen LogP contribution is 2.26. The van der Waals surface area contributed by atoms with E-state index in [0.29, 0.717) is 18.8 Å². The molecule has 2 rings (SSSR count). The summed E-state index contributed by atoms with van der Waals surface area (Å²) in [5.74, 6) is 0.0396. The van der Waals surface area contributed by atoms with Gasteiger partial charge in [-0.05, 0) is 18.6 Å². The molecule has 22 heavy (non-hydrogen) atoms. The van der Waals surface area contributed by atoms with Gasteiger partial charge in [0.15, 0.2) is 0 Å².